The van der Waals surface area contributed by atoms with Gasteiger partial charge in [0.15, 0.2) is 5.16 Å². The SMILES string of the molecule is O=C(NCCc1cccs1)c1ccc(CSc2ncn[nH]2)cc1. The third-order valence-corrected chi connectivity index (χ3v) is 5.11. The van der Waals surface area contributed by atoms with Crippen molar-refractivity contribution in [2.75, 3.05) is 6.54 Å². The third kappa shape index (κ3) is 4.67. The number of carbonyl (C=O) groups is 1. The van der Waals surface area contributed by atoms with Crippen LogP contribution in [0.25, 0.3) is 0 Å². The van der Waals surface area contributed by atoms with Gasteiger partial charge in [0.25, 0.3) is 5.91 Å². The lowest BCUT2D eigenvalue weighted by molar-refractivity contribution is 0.0954. The minimum absolute atomic E-state index is 0.0315. The number of rotatable bonds is 7. The zero-order valence-electron chi connectivity index (χ0n) is 12.4. The third-order valence-electron chi connectivity index (χ3n) is 3.22. The van der Waals surface area contributed by atoms with Crippen LogP contribution in [-0.4, -0.2) is 27.6 Å². The molecule has 0 aliphatic carbocycles. The van der Waals surface area contributed by atoms with E-state index in [-0.39, 0.29) is 5.91 Å². The maximum atomic E-state index is 12.1. The van der Waals surface area contributed by atoms with Crippen LogP contribution in [0.3, 0.4) is 0 Å². The summed E-state index contributed by atoms with van der Waals surface area (Å²) in [5, 5.41) is 12.4. The van der Waals surface area contributed by atoms with Gasteiger partial charge in [0.05, 0.1) is 0 Å². The number of nitrogens with zero attached hydrogens (tertiary/aromatic N) is 2. The van der Waals surface area contributed by atoms with E-state index >= 15 is 0 Å². The smallest absolute Gasteiger partial charge is 0.251 e. The van der Waals surface area contributed by atoms with Crippen molar-refractivity contribution in [2.24, 2.45) is 0 Å². The quantitative estimate of drug-likeness (QED) is 0.646. The van der Waals surface area contributed by atoms with Gasteiger partial charge < -0.3 is 5.32 Å². The lowest BCUT2D eigenvalue weighted by atomic mass is 10.1. The number of H-pyrrole nitrogens is 1. The maximum Gasteiger partial charge on any atom is 0.251 e. The lowest BCUT2D eigenvalue weighted by Crippen LogP contribution is -2.25. The molecular formula is C16H16N4OS2. The van der Waals surface area contributed by atoms with Crippen LogP contribution in [-0.2, 0) is 12.2 Å². The fraction of sp³-hybridized carbons (Fsp3) is 0.188. The van der Waals surface area contributed by atoms with E-state index < -0.39 is 0 Å². The molecule has 0 saturated heterocycles. The number of carbonyl (C=O) groups excluding carboxylic acids is 1. The topological polar surface area (TPSA) is 70.7 Å². The van der Waals surface area contributed by atoms with Crippen LogP contribution in [0, 0.1) is 0 Å². The van der Waals surface area contributed by atoms with Crippen LogP contribution in [0.1, 0.15) is 20.8 Å². The van der Waals surface area contributed by atoms with Gasteiger partial charge in [-0.05, 0) is 35.6 Å². The molecule has 118 valence electrons. The number of aromatic amines is 1. The van der Waals surface area contributed by atoms with Crippen molar-refractivity contribution < 1.29 is 4.79 Å². The lowest BCUT2D eigenvalue weighted by Gasteiger charge is -2.05. The van der Waals surface area contributed by atoms with Crippen molar-refractivity contribution in [3.8, 4) is 0 Å². The molecule has 1 aromatic carbocycles. The summed E-state index contributed by atoms with van der Waals surface area (Å²) in [6.45, 7) is 0.655. The molecule has 0 aliphatic rings. The Labute approximate surface area is 142 Å². The van der Waals surface area contributed by atoms with Crippen molar-refractivity contribution in [1.82, 2.24) is 20.5 Å². The Balaban J connectivity index is 1.47. The molecular weight excluding hydrogens is 328 g/mol. The standard InChI is InChI=1S/C16H16N4OS2/c21-15(17-8-7-14-2-1-9-22-14)13-5-3-12(4-6-13)10-23-16-18-11-19-20-16/h1-6,9,11H,7-8,10H2,(H,17,21)(H,18,19,20). The van der Waals surface area contributed by atoms with E-state index in [0.29, 0.717) is 12.1 Å². The van der Waals surface area contributed by atoms with Gasteiger partial charge in [-0.15, -0.1) is 11.3 Å². The first-order valence-corrected chi connectivity index (χ1v) is 9.05. The van der Waals surface area contributed by atoms with E-state index in [1.54, 1.807) is 23.1 Å². The molecule has 1 amide bonds. The Morgan fingerprint density at radius 3 is 2.83 bits per heavy atom. The van der Waals surface area contributed by atoms with Crippen LogP contribution < -0.4 is 5.32 Å². The highest BCUT2D eigenvalue weighted by molar-refractivity contribution is 7.98. The summed E-state index contributed by atoms with van der Waals surface area (Å²) >= 11 is 3.29. The molecule has 0 atom stereocenters. The number of nitrogens with one attached hydrogen (secondary N) is 2. The van der Waals surface area contributed by atoms with Gasteiger partial charge in [-0.25, -0.2) is 4.98 Å². The zero-order valence-corrected chi connectivity index (χ0v) is 14.0. The number of hydrogen-bond donors (Lipinski definition) is 2. The average Bonchev–Trinajstić information content (AvgIpc) is 3.27. The highest BCUT2D eigenvalue weighted by Gasteiger charge is 2.06. The van der Waals surface area contributed by atoms with E-state index in [1.165, 1.54) is 11.2 Å². The molecule has 2 heterocycles. The molecule has 2 aromatic heterocycles. The van der Waals surface area contributed by atoms with Gasteiger partial charge in [0.1, 0.15) is 6.33 Å². The normalized spacial score (nSPS) is 10.6. The van der Waals surface area contributed by atoms with Crippen LogP contribution in [0.4, 0.5) is 0 Å². The molecule has 5 nitrogen and oxygen atoms in total. The summed E-state index contributed by atoms with van der Waals surface area (Å²) in [5.74, 6) is 0.756. The van der Waals surface area contributed by atoms with Gasteiger partial charge >= 0.3 is 0 Å². The monoisotopic (exact) mass is 344 g/mol. The number of aromatic nitrogens is 3. The molecule has 7 heteroatoms. The number of thioether (sulfide) groups is 1. The predicted molar refractivity (Wildman–Crippen MR) is 92.7 cm³/mol. The largest absolute Gasteiger partial charge is 0.352 e. The second kappa shape index (κ2) is 7.94. The number of thiophene rings is 1. The minimum atomic E-state index is -0.0315. The summed E-state index contributed by atoms with van der Waals surface area (Å²) in [7, 11) is 0. The van der Waals surface area contributed by atoms with Crippen molar-refractivity contribution in [3.05, 3.63) is 64.1 Å². The molecule has 0 aliphatic heterocycles. The molecule has 3 aromatic rings. The summed E-state index contributed by atoms with van der Waals surface area (Å²) in [6, 6.07) is 11.8. The van der Waals surface area contributed by atoms with Gasteiger partial charge in [-0.2, -0.15) is 5.10 Å². The Hall–Kier alpha value is -2.12. The van der Waals surface area contributed by atoms with Crippen LogP contribution in [0.2, 0.25) is 0 Å². The average molecular weight is 344 g/mol. The maximum absolute atomic E-state index is 12.1. The number of hydrogen-bond acceptors (Lipinski definition) is 5. The van der Waals surface area contributed by atoms with E-state index in [0.717, 1.165) is 22.9 Å². The second-order valence-corrected chi connectivity index (χ2v) is 6.86. The molecule has 0 radical (unpaired) electrons. The van der Waals surface area contributed by atoms with Crippen molar-refractivity contribution in [2.45, 2.75) is 17.3 Å². The number of benzene rings is 1. The Bertz CT molecular complexity index is 724. The van der Waals surface area contributed by atoms with Crippen molar-refractivity contribution >= 4 is 29.0 Å². The van der Waals surface area contributed by atoms with Crippen LogP contribution in [0.5, 0.6) is 0 Å². The number of amides is 1. The highest BCUT2D eigenvalue weighted by Crippen LogP contribution is 2.18. The molecule has 23 heavy (non-hydrogen) atoms. The molecule has 2 N–H and O–H groups in total. The molecule has 0 spiro atoms. The van der Waals surface area contributed by atoms with E-state index in [2.05, 4.69) is 26.6 Å². The first-order valence-electron chi connectivity index (χ1n) is 7.19. The molecule has 0 fully saturated rings. The fourth-order valence-corrected chi connectivity index (χ4v) is 3.47. The highest BCUT2D eigenvalue weighted by atomic mass is 32.2. The minimum Gasteiger partial charge on any atom is -0.352 e. The Morgan fingerprint density at radius 2 is 2.13 bits per heavy atom. The van der Waals surface area contributed by atoms with Crippen LogP contribution >= 0.6 is 23.1 Å². The second-order valence-electron chi connectivity index (χ2n) is 4.86. The van der Waals surface area contributed by atoms with Gasteiger partial charge in [-0.1, -0.05) is 30.0 Å². The zero-order chi connectivity index (χ0) is 15.9. The predicted octanol–water partition coefficient (Wildman–Crippen LogP) is 3.13. The van der Waals surface area contributed by atoms with Gasteiger partial charge in [0, 0.05) is 22.7 Å². The van der Waals surface area contributed by atoms with E-state index in [4.69, 9.17) is 0 Å². The molecule has 3 rings (SSSR count). The van der Waals surface area contributed by atoms with Crippen molar-refractivity contribution in [1.29, 1.82) is 0 Å². The van der Waals surface area contributed by atoms with E-state index in [9.17, 15) is 4.79 Å². The molecule has 0 unspecified atom stereocenters. The van der Waals surface area contributed by atoms with E-state index in [1.807, 2.05) is 35.7 Å². The van der Waals surface area contributed by atoms with Crippen molar-refractivity contribution in [3.63, 3.8) is 0 Å². The fourth-order valence-electron chi connectivity index (χ4n) is 2.02. The summed E-state index contributed by atoms with van der Waals surface area (Å²) < 4.78 is 0. The Morgan fingerprint density at radius 1 is 1.26 bits per heavy atom. The first-order chi connectivity index (χ1) is 11.3. The van der Waals surface area contributed by atoms with Gasteiger partial charge in [0.2, 0.25) is 0 Å². The van der Waals surface area contributed by atoms with Crippen LogP contribution in [0.15, 0.2) is 53.3 Å². The summed E-state index contributed by atoms with van der Waals surface area (Å²) in [6.07, 6.45) is 2.36. The Kier molecular flexibility index (Phi) is 5.44. The summed E-state index contributed by atoms with van der Waals surface area (Å²) in [4.78, 5) is 17.4. The molecule has 0 bridgehead atoms. The van der Waals surface area contributed by atoms with Gasteiger partial charge in [-0.3, -0.25) is 9.89 Å². The molecule has 0 saturated carbocycles. The summed E-state index contributed by atoms with van der Waals surface area (Å²) in [5.41, 5.74) is 1.83. The first kappa shape index (κ1) is 15.8.